The Labute approximate surface area is 103 Å². The number of rotatable bonds is 5. The highest BCUT2D eigenvalue weighted by Gasteiger charge is 2.41. The van der Waals surface area contributed by atoms with Crippen molar-refractivity contribution in [3.05, 3.63) is 34.9 Å². The first-order valence-corrected chi connectivity index (χ1v) is 7.20. The van der Waals surface area contributed by atoms with Crippen LogP contribution in [0.3, 0.4) is 0 Å². The van der Waals surface area contributed by atoms with Crippen LogP contribution in [0.25, 0.3) is 0 Å². The Hall–Kier alpha value is -0.470. The molecule has 0 saturated heterocycles. The summed E-state index contributed by atoms with van der Waals surface area (Å²) in [6.45, 7) is 6.56. The molecule has 16 heavy (non-hydrogen) atoms. The second kappa shape index (κ2) is 4.80. The molecule has 1 fully saturated rings. The fourth-order valence-corrected chi connectivity index (χ4v) is 2.78. The van der Waals surface area contributed by atoms with Gasteiger partial charge in [-0.25, -0.2) is 0 Å². The zero-order valence-electron chi connectivity index (χ0n) is 10.5. The Balaban J connectivity index is 1.88. The van der Waals surface area contributed by atoms with Crippen molar-refractivity contribution >= 4 is 11.8 Å². The quantitative estimate of drug-likeness (QED) is 0.840. The fourth-order valence-electron chi connectivity index (χ4n) is 2.02. The van der Waals surface area contributed by atoms with Gasteiger partial charge in [0.15, 0.2) is 0 Å². The molecule has 1 aromatic rings. The predicted octanol–water partition coefficient (Wildman–Crippen LogP) is 3.29. The summed E-state index contributed by atoms with van der Waals surface area (Å²) in [5, 5.41) is 3.60. The molecule has 1 saturated carbocycles. The monoisotopic (exact) mass is 235 g/mol. The van der Waals surface area contributed by atoms with Gasteiger partial charge in [0, 0.05) is 17.8 Å². The van der Waals surface area contributed by atoms with E-state index in [2.05, 4.69) is 43.6 Å². The van der Waals surface area contributed by atoms with E-state index in [1.807, 2.05) is 11.8 Å². The molecular weight excluding hydrogens is 214 g/mol. The highest BCUT2D eigenvalue weighted by molar-refractivity contribution is 8.00. The zero-order chi connectivity index (χ0) is 11.6. The van der Waals surface area contributed by atoms with E-state index in [1.54, 1.807) is 0 Å². The fraction of sp³-hybridized carbons (Fsp3) is 0.571. The molecule has 0 atom stereocenters. The third-order valence-electron chi connectivity index (χ3n) is 3.72. The summed E-state index contributed by atoms with van der Waals surface area (Å²) in [5.41, 5.74) is 4.27. The van der Waals surface area contributed by atoms with E-state index >= 15 is 0 Å². The summed E-state index contributed by atoms with van der Waals surface area (Å²) >= 11 is 2.02. The molecule has 2 rings (SSSR count). The number of nitrogens with one attached hydrogen (secondary N) is 1. The van der Waals surface area contributed by atoms with Gasteiger partial charge < -0.3 is 5.32 Å². The van der Waals surface area contributed by atoms with Gasteiger partial charge in [-0.05, 0) is 49.6 Å². The molecule has 88 valence electrons. The van der Waals surface area contributed by atoms with Crippen LogP contribution in [0.4, 0.5) is 0 Å². The molecular formula is C14H21NS. The van der Waals surface area contributed by atoms with Gasteiger partial charge >= 0.3 is 0 Å². The molecule has 2 heteroatoms. The van der Waals surface area contributed by atoms with Gasteiger partial charge in [-0.1, -0.05) is 18.2 Å². The Morgan fingerprint density at radius 1 is 1.31 bits per heavy atom. The average molecular weight is 235 g/mol. The SMILES string of the molecule is CSC1(CNCc2cccc(C)c2C)CC1. The van der Waals surface area contributed by atoms with Crippen LogP contribution >= 0.6 is 11.8 Å². The molecule has 0 unspecified atom stereocenters. The van der Waals surface area contributed by atoms with Crippen molar-refractivity contribution < 1.29 is 0 Å². The van der Waals surface area contributed by atoms with Gasteiger partial charge in [0.05, 0.1) is 0 Å². The van der Waals surface area contributed by atoms with Crippen LogP contribution in [-0.2, 0) is 6.54 Å². The molecule has 0 amide bonds. The van der Waals surface area contributed by atoms with Gasteiger partial charge in [-0.3, -0.25) is 0 Å². The summed E-state index contributed by atoms with van der Waals surface area (Å²) in [7, 11) is 0. The van der Waals surface area contributed by atoms with Crippen molar-refractivity contribution in [2.24, 2.45) is 0 Å². The minimum Gasteiger partial charge on any atom is -0.311 e. The van der Waals surface area contributed by atoms with Gasteiger partial charge in [0.25, 0.3) is 0 Å². The van der Waals surface area contributed by atoms with Gasteiger partial charge in [0.2, 0.25) is 0 Å². The Bertz CT molecular complexity index is 369. The molecule has 0 bridgehead atoms. The predicted molar refractivity (Wildman–Crippen MR) is 73.1 cm³/mol. The number of hydrogen-bond donors (Lipinski definition) is 1. The molecule has 1 nitrogen and oxygen atoms in total. The topological polar surface area (TPSA) is 12.0 Å². The van der Waals surface area contributed by atoms with E-state index in [0.717, 1.165) is 13.1 Å². The van der Waals surface area contributed by atoms with E-state index in [4.69, 9.17) is 0 Å². The van der Waals surface area contributed by atoms with Gasteiger partial charge in [-0.2, -0.15) is 11.8 Å². The van der Waals surface area contributed by atoms with Crippen LogP contribution < -0.4 is 5.32 Å². The second-order valence-electron chi connectivity index (χ2n) is 4.85. The first-order valence-electron chi connectivity index (χ1n) is 5.98. The van der Waals surface area contributed by atoms with Gasteiger partial charge in [-0.15, -0.1) is 0 Å². The minimum absolute atomic E-state index is 0.567. The number of hydrogen-bond acceptors (Lipinski definition) is 2. The highest BCUT2D eigenvalue weighted by Crippen LogP contribution is 2.46. The maximum atomic E-state index is 3.60. The Kier molecular flexibility index (Phi) is 3.60. The van der Waals surface area contributed by atoms with Crippen molar-refractivity contribution in [2.75, 3.05) is 12.8 Å². The summed E-state index contributed by atoms with van der Waals surface area (Å²) in [6, 6.07) is 6.57. The van der Waals surface area contributed by atoms with Crippen LogP contribution in [0, 0.1) is 13.8 Å². The molecule has 1 aliphatic rings. The average Bonchev–Trinajstić information content (AvgIpc) is 3.05. The van der Waals surface area contributed by atoms with Crippen LogP contribution in [0.15, 0.2) is 18.2 Å². The molecule has 0 radical (unpaired) electrons. The number of thioether (sulfide) groups is 1. The van der Waals surface area contributed by atoms with Crippen molar-refractivity contribution in [1.82, 2.24) is 5.32 Å². The summed E-state index contributed by atoms with van der Waals surface area (Å²) in [5.74, 6) is 0. The molecule has 0 spiro atoms. The van der Waals surface area contributed by atoms with Crippen LogP contribution in [-0.4, -0.2) is 17.5 Å². The smallest absolute Gasteiger partial charge is 0.0282 e. The lowest BCUT2D eigenvalue weighted by atomic mass is 10.0. The van der Waals surface area contributed by atoms with E-state index in [9.17, 15) is 0 Å². The summed E-state index contributed by atoms with van der Waals surface area (Å²) in [4.78, 5) is 0. The largest absolute Gasteiger partial charge is 0.311 e. The molecule has 0 heterocycles. The third kappa shape index (κ3) is 2.61. The Morgan fingerprint density at radius 3 is 2.69 bits per heavy atom. The van der Waals surface area contributed by atoms with Crippen LogP contribution in [0.1, 0.15) is 29.5 Å². The van der Waals surface area contributed by atoms with Crippen LogP contribution in [0.2, 0.25) is 0 Å². The molecule has 1 aliphatic carbocycles. The minimum atomic E-state index is 0.567. The molecule has 1 aromatic carbocycles. The Morgan fingerprint density at radius 2 is 2.06 bits per heavy atom. The van der Waals surface area contributed by atoms with Crippen molar-refractivity contribution in [2.45, 2.75) is 38.0 Å². The highest BCUT2D eigenvalue weighted by atomic mass is 32.2. The van der Waals surface area contributed by atoms with Crippen molar-refractivity contribution in [3.63, 3.8) is 0 Å². The van der Waals surface area contributed by atoms with E-state index in [0.29, 0.717) is 4.75 Å². The summed E-state index contributed by atoms with van der Waals surface area (Å²) in [6.07, 6.45) is 4.99. The lowest BCUT2D eigenvalue weighted by Crippen LogP contribution is -2.25. The number of benzene rings is 1. The standard InChI is InChI=1S/C14H21NS/c1-11-5-4-6-13(12(11)2)9-15-10-14(16-3)7-8-14/h4-6,15H,7-10H2,1-3H3. The first-order chi connectivity index (χ1) is 7.67. The van der Waals surface area contributed by atoms with Crippen LogP contribution in [0.5, 0.6) is 0 Å². The third-order valence-corrected chi connectivity index (χ3v) is 5.14. The lowest BCUT2D eigenvalue weighted by molar-refractivity contribution is 0.661. The van der Waals surface area contributed by atoms with Gasteiger partial charge in [0.1, 0.15) is 0 Å². The first kappa shape index (κ1) is 12.0. The maximum absolute atomic E-state index is 3.60. The maximum Gasteiger partial charge on any atom is 0.0282 e. The molecule has 0 aromatic heterocycles. The summed E-state index contributed by atoms with van der Waals surface area (Å²) < 4.78 is 0.567. The zero-order valence-corrected chi connectivity index (χ0v) is 11.3. The van der Waals surface area contributed by atoms with Crippen molar-refractivity contribution in [1.29, 1.82) is 0 Å². The van der Waals surface area contributed by atoms with E-state index in [-0.39, 0.29) is 0 Å². The lowest BCUT2D eigenvalue weighted by Gasteiger charge is -2.14. The van der Waals surface area contributed by atoms with Crippen molar-refractivity contribution in [3.8, 4) is 0 Å². The van der Waals surface area contributed by atoms with E-state index < -0.39 is 0 Å². The second-order valence-corrected chi connectivity index (χ2v) is 6.12. The molecule has 1 N–H and O–H groups in total. The molecule has 0 aliphatic heterocycles. The van der Waals surface area contributed by atoms with E-state index in [1.165, 1.54) is 29.5 Å². The normalized spacial score (nSPS) is 17.4. The number of aryl methyl sites for hydroxylation is 1.